The summed E-state index contributed by atoms with van der Waals surface area (Å²) in [5, 5.41) is 12.6. The topological polar surface area (TPSA) is 121 Å². The van der Waals surface area contributed by atoms with Crippen molar-refractivity contribution in [2.24, 2.45) is 0 Å². The Morgan fingerprint density at radius 1 is 1.28 bits per heavy atom. The van der Waals surface area contributed by atoms with Crippen molar-refractivity contribution in [3.8, 4) is 0 Å². The van der Waals surface area contributed by atoms with Crippen LogP contribution in [0.5, 0.6) is 0 Å². The zero-order valence-electron chi connectivity index (χ0n) is 14.0. The number of aliphatic hydroxyl groups excluding tert-OH is 1. The van der Waals surface area contributed by atoms with Crippen molar-refractivity contribution in [1.82, 2.24) is 9.62 Å². The van der Waals surface area contributed by atoms with Gasteiger partial charge in [0.1, 0.15) is 0 Å². The molecule has 0 bridgehead atoms. The van der Waals surface area contributed by atoms with Crippen LogP contribution in [0.25, 0.3) is 0 Å². The van der Waals surface area contributed by atoms with Crippen molar-refractivity contribution in [2.75, 3.05) is 18.1 Å². The molecule has 0 aliphatic carbocycles. The Bertz CT molecular complexity index is 833. The third-order valence-corrected chi connectivity index (χ3v) is 7.76. The molecule has 1 saturated heterocycles. The monoisotopic (exact) mass is 390 g/mol. The van der Waals surface area contributed by atoms with E-state index < -0.39 is 37.8 Å². The molecule has 0 radical (unpaired) electrons. The quantitative estimate of drug-likeness (QED) is 0.675. The second-order valence-corrected chi connectivity index (χ2v) is 10.0. The molecule has 25 heavy (non-hydrogen) atoms. The van der Waals surface area contributed by atoms with Gasteiger partial charge in [0.15, 0.2) is 9.84 Å². The molecule has 0 unspecified atom stereocenters. The fraction of sp³-hybridized carbons (Fsp3) is 0.533. The standard InChI is InChI=1S/C15H22N2O6S2/c1-3-17(14-9-24(20,21)10-15(14)19)25(22,23)13-6-4-12(5-7-13)8-16-11(2)18/h4-7,14-15,19H,3,8-10H2,1-2H3,(H,16,18)/t14-,15-/m0/s1. The van der Waals surface area contributed by atoms with Crippen LogP contribution in [0.3, 0.4) is 0 Å². The minimum atomic E-state index is -3.94. The summed E-state index contributed by atoms with van der Waals surface area (Å²) >= 11 is 0. The first-order chi connectivity index (χ1) is 11.6. The number of carbonyl (C=O) groups excluding carboxylic acids is 1. The Morgan fingerprint density at radius 3 is 2.32 bits per heavy atom. The number of nitrogens with one attached hydrogen (secondary N) is 1. The van der Waals surface area contributed by atoms with Gasteiger partial charge in [-0.2, -0.15) is 4.31 Å². The highest BCUT2D eigenvalue weighted by molar-refractivity contribution is 7.92. The second kappa shape index (κ2) is 7.40. The minimum absolute atomic E-state index is 0.0115. The van der Waals surface area contributed by atoms with Gasteiger partial charge in [0.2, 0.25) is 15.9 Å². The molecule has 8 nitrogen and oxygen atoms in total. The van der Waals surface area contributed by atoms with Gasteiger partial charge in [-0.15, -0.1) is 0 Å². The molecule has 10 heteroatoms. The summed E-state index contributed by atoms with van der Waals surface area (Å²) in [4.78, 5) is 10.9. The highest BCUT2D eigenvalue weighted by Gasteiger charge is 2.44. The van der Waals surface area contributed by atoms with Crippen LogP contribution < -0.4 is 5.32 Å². The maximum absolute atomic E-state index is 12.8. The number of rotatable bonds is 6. The number of sulfonamides is 1. The summed E-state index contributed by atoms with van der Waals surface area (Å²) in [6.07, 6.45) is -1.24. The van der Waals surface area contributed by atoms with E-state index in [1.54, 1.807) is 19.1 Å². The van der Waals surface area contributed by atoms with E-state index >= 15 is 0 Å². The molecule has 1 aromatic rings. The average molecular weight is 390 g/mol. The minimum Gasteiger partial charge on any atom is -0.390 e. The van der Waals surface area contributed by atoms with E-state index in [-0.39, 0.29) is 29.6 Å². The molecule has 1 aromatic carbocycles. The lowest BCUT2D eigenvalue weighted by Crippen LogP contribution is -2.46. The van der Waals surface area contributed by atoms with Gasteiger partial charge in [0, 0.05) is 20.0 Å². The molecule has 0 spiro atoms. The number of aliphatic hydroxyl groups is 1. The number of carbonyl (C=O) groups is 1. The summed E-state index contributed by atoms with van der Waals surface area (Å²) in [6.45, 7) is 3.32. The fourth-order valence-corrected chi connectivity index (χ4v) is 6.37. The predicted octanol–water partition coefficient (Wildman–Crippen LogP) is -0.509. The van der Waals surface area contributed by atoms with Crippen molar-refractivity contribution in [1.29, 1.82) is 0 Å². The van der Waals surface area contributed by atoms with Crippen LogP contribution in [0, 0.1) is 0 Å². The van der Waals surface area contributed by atoms with Gasteiger partial charge in [-0.1, -0.05) is 19.1 Å². The second-order valence-electron chi connectivity index (χ2n) is 5.97. The van der Waals surface area contributed by atoms with E-state index in [0.717, 1.165) is 9.87 Å². The molecule has 2 atom stereocenters. The Hall–Kier alpha value is -1.49. The molecule has 2 rings (SSSR count). The molecule has 1 aliphatic rings. The Labute approximate surface area is 147 Å². The van der Waals surface area contributed by atoms with E-state index in [2.05, 4.69) is 5.32 Å². The lowest BCUT2D eigenvalue weighted by Gasteiger charge is -2.28. The maximum atomic E-state index is 12.8. The van der Waals surface area contributed by atoms with Crippen LogP contribution in [-0.2, 0) is 31.2 Å². The van der Waals surface area contributed by atoms with Crippen molar-refractivity contribution in [3.63, 3.8) is 0 Å². The third kappa shape index (κ3) is 4.57. The zero-order valence-corrected chi connectivity index (χ0v) is 15.7. The van der Waals surface area contributed by atoms with Crippen LogP contribution in [-0.4, -0.2) is 62.4 Å². The third-order valence-electron chi connectivity index (χ3n) is 4.05. The number of benzene rings is 1. The van der Waals surface area contributed by atoms with Gasteiger partial charge in [-0.3, -0.25) is 4.79 Å². The van der Waals surface area contributed by atoms with Gasteiger partial charge in [0.05, 0.1) is 28.5 Å². The molecule has 1 aliphatic heterocycles. The number of amides is 1. The normalized spacial score (nSPS) is 22.9. The van der Waals surface area contributed by atoms with Crippen LogP contribution in [0.2, 0.25) is 0 Å². The summed E-state index contributed by atoms with van der Waals surface area (Å²) in [5.74, 6) is -1.01. The van der Waals surface area contributed by atoms with Gasteiger partial charge in [-0.25, -0.2) is 16.8 Å². The molecule has 1 heterocycles. The lowest BCUT2D eigenvalue weighted by molar-refractivity contribution is -0.119. The van der Waals surface area contributed by atoms with Crippen molar-refractivity contribution in [3.05, 3.63) is 29.8 Å². The number of sulfone groups is 1. The van der Waals surface area contributed by atoms with Gasteiger partial charge < -0.3 is 10.4 Å². The van der Waals surface area contributed by atoms with Gasteiger partial charge in [0.25, 0.3) is 0 Å². The number of likely N-dealkylation sites (N-methyl/N-ethyl adjacent to an activating group) is 1. The summed E-state index contributed by atoms with van der Waals surface area (Å²) in [6, 6.07) is 4.99. The molecule has 1 fully saturated rings. The highest BCUT2D eigenvalue weighted by atomic mass is 32.2. The summed E-state index contributed by atoms with van der Waals surface area (Å²) in [7, 11) is -7.40. The molecule has 1 amide bonds. The van der Waals surface area contributed by atoms with E-state index in [1.165, 1.54) is 19.1 Å². The molecule has 0 aromatic heterocycles. The Kier molecular flexibility index (Phi) is 5.87. The molecular formula is C15H22N2O6S2. The average Bonchev–Trinajstić information content (AvgIpc) is 2.79. The van der Waals surface area contributed by atoms with E-state index in [0.29, 0.717) is 0 Å². The van der Waals surface area contributed by atoms with Crippen molar-refractivity contribution < 1.29 is 26.7 Å². The SMILES string of the molecule is CCN([C@H]1CS(=O)(=O)C[C@@H]1O)S(=O)(=O)c1ccc(CNC(C)=O)cc1. The van der Waals surface area contributed by atoms with Crippen molar-refractivity contribution >= 4 is 25.8 Å². The van der Waals surface area contributed by atoms with Crippen molar-refractivity contribution in [2.45, 2.75) is 37.4 Å². The maximum Gasteiger partial charge on any atom is 0.243 e. The van der Waals surface area contributed by atoms with E-state index in [4.69, 9.17) is 0 Å². The van der Waals surface area contributed by atoms with E-state index in [9.17, 15) is 26.7 Å². The Balaban J connectivity index is 2.25. The number of hydrogen-bond acceptors (Lipinski definition) is 6. The van der Waals surface area contributed by atoms with Crippen LogP contribution in [0.4, 0.5) is 0 Å². The van der Waals surface area contributed by atoms with Crippen LogP contribution in [0.1, 0.15) is 19.4 Å². The smallest absolute Gasteiger partial charge is 0.243 e. The predicted molar refractivity (Wildman–Crippen MR) is 92.0 cm³/mol. The number of hydrogen-bond donors (Lipinski definition) is 2. The largest absolute Gasteiger partial charge is 0.390 e. The molecule has 2 N–H and O–H groups in total. The van der Waals surface area contributed by atoms with Crippen LogP contribution >= 0.6 is 0 Å². The first-order valence-electron chi connectivity index (χ1n) is 7.80. The first-order valence-corrected chi connectivity index (χ1v) is 11.1. The fourth-order valence-electron chi connectivity index (χ4n) is 2.81. The summed E-state index contributed by atoms with van der Waals surface area (Å²) in [5.41, 5.74) is 0.737. The first kappa shape index (κ1) is 19.8. The van der Waals surface area contributed by atoms with E-state index in [1.807, 2.05) is 0 Å². The molecule has 0 saturated carbocycles. The number of nitrogens with zero attached hydrogens (tertiary/aromatic N) is 1. The molecular weight excluding hydrogens is 368 g/mol. The van der Waals surface area contributed by atoms with Gasteiger partial charge >= 0.3 is 0 Å². The molecule has 140 valence electrons. The Morgan fingerprint density at radius 2 is 1.88 bits per heavy atom. The van der Waals surface area contributed by atoms with Gasteiger partial charge in [-0.05, 0) is 17.7 Å². The van der Waals surface area contributed by atoms with Crippen LogP contribution in [0.15, 0.2) is 29.2 Å². The zero-order chi connectivity index (χ0) is 18.8. The lowest BCUT2D eigenvalue weighted by atomic mass is 10.2. The highest BCUT2D eigenvalue weighted by Crippen LogP contribution is 2.25. The summed E-state index contributed by atoms with van der Waals surface area (Å²) < 4.78 is 50.1.